The third-order valence-electron chi connectivity index (χ3n) is 5.31. The minimum atomic E-state index is 0.274. The van der Waals surface area contributed by atoms with Crippen LogP contribution in [0.5, 0.6) is 5.75 Å². The smallest absolute Gasteiger partial charge is 0.223 e. The van der Waals surface area contributed by atoms with Crippen LogP contribution in [0.4, 0.5) is 0 Å². The van der Waals surface area contributed by atoms with Gasteiger partial charge in [0.05, 0.1) is 7.11 Å². The Morgan fingerprint density at radius 3 is 2.21 bits per heavy atom. The molecule has 0 aromatic heterocycles. The van der Waals surface area contributed by atoms with Crippen LogP contribution in [0.3, 0.4) is 0 Å². The van der Waals surface area contributed by atoms with Gasteiger partial charge in [0.1, 0.15) is 5.75 Å². The van der Waals surface area contributed by atoms with E-state index < -0.39 is 0 Å². The highest BCUT2D eigenvalue weighted by Gasteiger charge is 2.19. The summed E-state index contributed by atoms with van der Waals surface area (Å²) in [6.45, 7) is 13.9. The topological polar surface area (TPSA) is 41.6 Å². The van der Waals surface area contributed by atoms with E-state index in [1.807, 2.05) is 17.0 Å². The van der Waals surface area contributed by atoms with Crippen molar-refractivity contribution in [3.63, 3.8) is 0 Å². The Labute approximate surface area is 173 Å². The molecule has 1 unspecified atom stereocenters. The summed E-state index contributed by atoms with van der Waals surface area (Å²) in [4.78, 5) is 14.4. The van der Waals surface area contributed by atoms with Gasteiger partial charge in [0.25, 0.3) is 0 Å². The van der Waals surface area contributed by atoms with Gasteiger partial charge in [-0.15, -0.1) is 0 Å². The molecule has 0 spiro atoms. The number of rotatable bonds is 13. The third kappa shape index (κ3) is 8.22. The molecule has 0 aliphatic carbocycles. The number of hydrogen-bond donors (Lipinski definition) is 1. The van der Waals surface area contributed by atoms with Crippen molar-refractivity contribution in [2.75, 3.05) is 13.7 Å². The Bertz CT molecular complexity index is 561. The van der Waals surface area contributed by atoms with Crippen molar-refractivity contribution >= 4 is 5.91 Å². The zero-order valence-electron chi connectivity index (χ0n) is 19.1. The Kier molecular flexibility index (Phi) is 11.2. The molecule has 0 fully saturated rings. The maximum atomic E-state index is 12.4. The lowest BCUT2D eigenvalue weighted by atomic mass is 9.95. The van der Waals surface area contributed by atoms with Gasteiger partial charge in [0.15, 0.2) is 0 Å². The maximum absolute atomic E-state index is 12.4. The van der Waals surface area contributed by atoms with Crippen LogP contribution in [0, 0.1) is 5.92 Å². The van der Waals surface area contributed by atoms with E-state index in [1.54, 1.807) is 7.11 Å². The fraction of sp³-hybridized carbons (Fsp3) is 0.708. The molecule has 0 saturated heterocycles. The van der Waals surface area contributed by atoms with Gasteiger partial charge in [-0.05, 0) is 71.0 Å². The van der Waals surface area contributed by atoms with E-state index in [-0.39, 0.29) is 18.0 Å². The van der Waals surface area contributed by atoms with Crippen LogP contribution in [0.15, 0.2) is 24.3 Å². The molecule has 1 atom stereocenters. The lowest BCUT2D eigenvalue weighted by Gasteiger charge is -2.31. The lowest BCUT2D eigenvalue weighted by Crippen LogP contribution is -2.41. The molecule has 0 aliphatic heterocycles. The number of methoxy groups -OCH3 is 1. The van der Waals surface area contributed by atoms with Gasteiger partial charge in [0.2, 0.25) is 5.91 Å². The Morgan fingerprint density at radius 1 is 1.00 bits per heavy atom. The van der Waals surface area contributed by atoms with Crippen molar-refractivity contribution in [1.82, 2.24) is 10.2 Å². The number of para-hydroxylation sites is 1. The molecule has 4 heteroatoms. The second-order valence-corrected chi connectivity index (χ2v) is 8.62. The zero-order chi connectivity index (χ0) is 21.1. The molecule has 1 rings (SSSR count). The first kappa shape index (κ1) is 24.5. The number of carbonyl (C=O) groups excluding carboxylic acids is 1. The Balaban J connectivity index is 2.37. The maximum Gasteiger partial charge on any atom is 0.223 e. The van der Waals surface area contributed by atoms with E-state index >= 15 is 0 Å². The lowest BCUT2D eigenvalue weighted by molar-refractivity contribution is -0.134. The molecule has 4 nitrogen and oxygen atoms in total. The molecule has 1 N–H and O–H groups in total. The number of nitrogens with one attached hydrogen (secondary N) is 1. The van der Waals surface area contributed by atoms with Gasteiger partial charge in [-0.1, -0.05) is 38.5 Å². The second kappa shape index (κ2) is 12.8. The molecule has 0 bridgehead atoms. The van der Waals surface area contributed by atoms with Crippen molar-refractivity contribution in [2.24, 2.45) is 5.92 Å². The van der Waals surface area contributed by atoms with Crippen molar-refractivity contribution in [3.05, 3.63) is 29.8 Å². The van der Waals surface area contributed by atoms with Gasteiger partial charge < -0.3 is 15.0 Å². The van der Waals surface area contributed by atoms with E-state index in [4.69, 9.17) is 4.74 Å². The summed E-state index contributed by atoms with van der Waals surface area (Å²) in [5.74, 6) is 1.81. The van der Waals surface area contributed by atoms with Crippen LogP contribution in [-0.4, -0.2) is 42.6 Å². The highest BCUT2D eigenvalue weighted by molar-refractivity contribution is 5.76. The summed E-state index contributed by atoms with van der Waals surface area (Å²) in [6.07, 6.45) is 4.78. The minimum Gasteiger partial charge on any atom is -0.496 e. The second-order valence-electron chi connectivity index (χ2n) is 8.62. The average molecular weight is 391 g/mol. The number of nitrogens with zero attached hydrogens (tertiary/aromatic N) is 1. The van der Waals surface area contributed by atoms with Crippen LogP contribution in [0.25, 0.3) is 0 Å². The summed E-state index contributed by atoms with van der Waals surface area (Å²) >= 11 is 0. The first-order valence-corrected chi connectivity index (χ1v) is 10.9. The van der Waals surface area contributed by atoms with E-state index in [0.717, 1.165) is 38.0 Å². The average Bonchev–Trinajstić information content (AvgIpc) is 2.62. The SMILES string of the molecule is COc1ccccc1CC(NCCCCCC(=O)N(C(C)C)C(C)C)C(C)C. The molecule has 160 valence electrons. The zero-order valence-corrected chi connectivity index (χ0v) is 19.1. The van der Waals surface area contributed by atoms with Crippen LogP contribution in [0.2, 0.25) is 0 Å². The van der Waals surface area contributed by atoms with E-state index in [0.29, 0.717) is 18.4 Å². The molecular weight excluding hydrogens is 348 g/mol. The largest absolute Gasteiger partial charge is 0.496 e. The monoisotopic (exact) mass is 390 g/mol. The van der Waals surface area contributed by atoms with Crippen molar-refractivity contribution in [3.8, 4) is 5.75 Å². The molecule has 0 heterocycles. The molecule has 0 radical (unpaired) electrons. The van der Waals surface area contributed by atoms with Crippen LogP contribution in [-0.2, 0) is 11.2 Å². The molecule has 0 aliphatic rings. The summed E-state index contributed by atoms with van der Waals surface area (Å²) in [6, 6.07) is 9.24. The quantitative estimate of drug-likeness (QED) is 0.479. The summed E-state index contributed by atoms with van der Waals surface area (Å²) in [5.41, 5.74) is 1.25. The van der Waals surface area contributed by atoms with Crippen LogP contribution >= 0.6 is 0 Å². The molecule has 0 saturated carbocycles. The summed E-state index contributed by atoms with van der Waals surface area (Å²) in [5, 5.41) is 3.72. The fourth-order valence-electron chi connectivity index (χ4n) is 3.82. The van der Waals surface area contributed by atoms with Gasteiger partial charge in [-0.25, -0.2) is 0 Å². The highest BCUT2D eigenvalue weighted by Crippen LogP contribution is 2.21. The van der Waals surface area contributed by atoms with Gasteiger partial charge in [-0.2, -0.15) is 0 Å². The normalized spacial score (nSPS) is 12.6. The molecule has 1 aromatic rings. The number of carbonyl (C=O) groups is 1. The van der Waals surface area contributed by atoms with E-state index in [2.05, 4.69) is 59.0 Å². The van der Waals surface area contributed by atoms with Gasteiger partial charge in [-0.3, -0.25) is 4.79 Å². The third-order valence-corrected chi connectivity index (χ3v) is 5.31. The molecule has 28 heavy (non-hydrogen) atoms. The van der Waals surface area contributed by atoms with Crippen LogP contribution in [0.1, 0.15) is 72.8 Å². The Morgan fingerprint density at radius 2 is 1.64 bits per heavy atom. The number of ether oxygens (including phenoxy) is 1. The van der Waals surface area contributed by atoms with Gasteiger partial charge >= 0.3 is 0 Å². The van der Waals surface area contributed by atoms with Gasteiger partial charge in [0, 0.05) is 24.5 Å². The van der Waals surface area contributed by atoms with E-state index in [9.17, 15) is 4.79 Å². The summed E-state index contributed by atoms with van der Waals surface area (Å²) in [7, 11) is 1.73. The number of amides is 1. The first-order chi connectivity index (χ1) is 13.3. The molecular formula is C24H42N2O2. The number of hydrogen-bond acceptors (Lipinski definition) is 3. The number of unbranched alkanes of at least 4 members (excludes halogenated alkanes) is 2. The standard InChI is InChI=1S/C24H42N2O2/c1-18(2)22(17-21-13-10-11-14-23(21)28-7)25-16-12-8-9-15-24(27)26(19(3)4)20(5)6/h10-11,13-14,18-20,22,25H,8-9,12,15-17H2,1-7H3. The fourth-order valence-corrected chi connectivity index (χ4v) is 3.82. The van der Waals surface area contributed by atoms with Crippen molar-refractivity contribution in [1.29, 1.82) is 0 Å². The molecule has 1 amide bonds. The van der Waals surface area contributed by atoms with Crippen molar-refractivity contribution < 1.29 is 9.53 Å². The Hall–Kier alpha value is -1.55. The first-order valence-electron chi connectivity index (χ1n) is 10.9. The highest BCUT2D eigenvalue weighted by atomic mass is 16.5. The van der Waals surface area contributed by atoms with E-state index in [1.165, 1.54) is 5.56 Å². The molecule has 1 aromatic carbocycles. The number of benzene rings is 1. The predicted molar refractivity (Wildman–Crippen MR) is 119 cm³/mol. The van der Waals surface area contributed by atoms with Crippen molar-refractivity contribution in [2.45, 2.75) is 91.8 Å². The summed E-state index contributed by atoms with van der Waals surface area (Å²) < 4.78 is 5.50. The predicted octanol–water partition coefficient (Wildman–Crippen LogP) is 5.06. The van der Waals surface area contributed by atoms with Crippen LogP contribution < -0.4 is 10.1 Å². The minimum absolute atomic E-state index is 0.274.